The lowest BCUT2D eigenvalue weighted by atomic mass is 10.1. The third kappa shape index (κ3) is 5.72. The van der Waals surface area contributed by atoms with Crippen molar-refractivity contribution in [1.82, 2.24) is 0 Å². The first-order valence-electron chi connectivity index (χ1n) is 9.26. The molecule has 6 heteroatoms. The molecular formula is C24H22N2O4. The van der Waals surface area contributed by atoms with Crippen molar-refractivity contribution in [3.05, 3.63) is 90.0 Å². The van der Waals surface area contributed by atoms with Crippen molar-refractivity contribution >= 4 is 29.3 Å². The van der Waals surface area contributed by atoms with Crippen LogP contribution in [-0.2, 0) is 4.79 Å². The van der Waals surface area contributed by atoms with E-state index in [1.807, 2.05) is 24.3 Å². The SMILES string of the molecule is COc1ccc(NC(=O)c2ccc(NC(=O)/C=C/c3cccc(OC)c3)cc2)cc1. The monoisotopic (exact) mass is 402 g/mol. The summed E-state index contributed by atoms with van der Waals surface area (Å²) in [6.07, 6.45) is 3.15. The summed E-state index contributed by atoms with van der Waals surface area (Å²) in [7, 11) is 3.18. The van der Waals surface area contributed by atoms with Crippen LogP contribution in [0.5, 0.6) is 11.5 Å². The van der Waals surface area contributed by atoms with Crippen molar-refractivity contribution < 1.29 is 19.1 Å². The highest BCUT2D eigenvalue weighted by molar-refractivity contribution is 6.05. The first-order valence-corrected chi connectivity index (χ1v) is 9.26. The molecule has 2 amide bonds. The van der Waals surface area contributed by atoms with Crippen LogP contribution < -0.4 is 20.1 Å². The average molecular weight is 402 g/mol. The molecule has 0 aliphatic carbocycles. The molecule has 3 aromatic carbocycles. The van der Waals surface area contributed by atoms with Gasteiger partial charge in [0, 0.05) is 23.0 Å². The minimum Gasteiger partial charge on any atom is -0.497 e. The molecule has 0 atom stereocenters. The van der Waals surface area contributed by atoms with Gasteiger partial charge >= 0.3 is 0 Å². The summed E-state index contributed by atoms with van der Waals surface area (Å²) < 4.78 is 10.3. The van der Waals surface area contributed by atoms with E-state index in [0.29, 0.717) is 22.7 Å². The fourth-order valence-corrected chi connectivity index (χ4v) is 2.68. The Morgan fingerprint density at radius 1 is 0.767 bits per heavy atom. The minimum absolute atomic E-state index is 0.240. The Labute approximate surface area is 175 Å². The molecule has 0 aliphatic rings. The number of hydrogen-bond acceptors (Lipinski definition) is 4. The number of methoxy groups -OCH3 is 2. The van der Waals surface area contributed by atoms with Gasteiger partial charge in [0.05, 0.1) is 14.2 Å². The van der Waals surface area contributed by atoms with E-state index in [-0.39, 0.29) is 11.8 Å². The molecule has 0 fully saturated rings. The van der Waals surface area contributed by atoms with E-state index in [2.05, 4.69) is 10.6 Å². The first kappa shape index (κ1) is 20.7. The summed E-state index contributed by atoms with van der Waals surface area (Å²) in [6, 6.07) is 21.1. The number of nitrogens with one attached hydrogen (secondary N) is 2. The van der Waals surface area contributed by atoms with Gasteiger partial charge in [0.25, 0.3) is 5.91 Å². The molecule has 0 radical (unpaired) electrons. The van der Waals surface area contributed by atoms with Crippen molar-refractivity contribution in [3.8, 4) is 11.5 Å². The Morgan fingerprint density at radius 3 is 2.07 bits per heavy atom. The summed E-state index contributed by atoms with van der Waals surface area (Å²) in [4.78, 5) is 24.5. The van der Waals surface area contributed by atoms with E-state index in [9.17, 15) is 9.59 Å². The van der Waals surface area contributed by atoms with Crippen LogP contribution in [0.2, 0.25) is 0 Å². The summed E-state index contributed by atoms with van der Waals surface area (Å²) in [5.41, 5.74) is 2.60. The number of carbonyl (C=O) groups is 2. The normalized spacial score (nSPS) is 10.5. The van der Waals surface area contributed by atoms with Gasteiger partial charge in [-0.05, 0) is 72.3 Å². The number of rotatable bonds is 7. The molecule has 30 heavy (non-hydrogen) atoms. The van der Waals surface area contributed by atoms with Crippen molar-refractivity contribution in [1.29, 1.82) is 0 Å². The smallest absolute Gasteiger partial charge is 0.255 e. The van der Waals surface area contributed by atoms with Crippen LogP contribution >= 0.6 is 0 Å². The second-order valence-electron chi connectivity index (χ2n) is 6.36. The summed E-state index contributed by atoms with van der Waals surface area (Å²) >= 11 is 0. The standard InChI is InChI=1S/C24H22N2O4/c1-29-21-13-11-20(12-14-21)26-24(28)18-7-9-19(10-8-18)25-23(27)15-6-17-4-3-5-22(16-17)30-2/h3-16H,1-2H3,(H,25,27)(H,26,28)/b15-6+. The number of benzene rings is 3. The van der Waals surface area contributed by atoms with E-state index >= 15 is 0 Å². The molecule has 3 aromatic rings. The fraction of sp³-hybridized carbons (Fsp3) is 0.0833. The Balaban J connectivity index is 1.57. The van der Waals surface area contributed by atoms with E-state index in [1.165, 1.54) is 6.08 Å². The first-order chi connectivity index (χ1) is 14.6. The summed E-state index contributed by atoms with van der Waals surface area (Å²) in [6.45, 7) is 0. The lowest BCUT2D eigenvalue weighted by Gasteiger charge is -2.07. The van der Waals surface area contributed by atoms with Crippen LogP contribution in [0.1, 0.15) is 15.9 Å². The van der Waals surface area contributed by atoms with Crippen LogP contribution in [0.15, 0.2) is 78.9 Å². The topological polar surface area (TPSA) is 76.7 Å². The minimum atomic E-state index is -0.270. The quantitative estimate of drug-likeness (QED) is 0.566. The molecule has 3 rings (SSSR count). The Bertz CT molecular complexity index is 1040. The van der Waals surface area contributed by atoms with Gasteiger partial charge in [-0.1, -0.05) is 12.1 Å². The molecule has 0 bridgehead atoms. The molecule has 0 aliphatic heterocycles. The highest BCUT2D eigenvalue weighted by atomic mass is 16.5. The Hall–Kier alpha value is -4.06. The van der Waals surface area contributed by atoms with Gasteiger partial charge in [0.1, 0.15) is 11.5 Å². The molecule has 0 spiro atoms. The number of hydrogen-bond donors (Lipinski definition) is 2. The van der Waals surface area contributed by atoms with E-state index in [0.717, 1.165) is 11.3 Å². The molecular weight excluding hydrogens is 380 g/mol. The van der Waals surface area contributed by atoms with Gasteiger partial charge in [-0.3, -0.25) is 9.59 Å². The lowest BCUT2D eigenvalue weighted by molar-refractivity contribution is -0.111. The number of anilines is 2. The van der Waals surface area contributed by atoms with Gasteiger partial charge in [-0.2, -0.15) is 0 Å². The highest BCUT2D eigenvalue weighted by Gasteiger charge is 2.07. The zero-order valence-electron chi connectivity index (χ0n) is 16.7. The third-order valence-corrected chi connectivity index (χ3v) is 4.28. The van der Waals surface area contributed by atoms with Crippen LogP contribution in [-0.4, -0.2) is 26.0 Å². The number of amides is 2. The Morgan fingerprint density at radius 2 is 1.40 bits per heavy atom. The predicted molar refractivity (Wildman–Crippen MR) is 118 cm³/mol. The fourth-order valence-electron chi connectivity index (χ4n) is 2.68. The summed E-state index contributed by atoms with van der Waals surface area (Å²) in [5.74, 6) is 0.929. The molecule has 0 aromatic heterocycles. The van der Waals surface area contributed by atoms with Crippen molar-refractivity contribution in [3.63, 3.8) is 0 Å². The summed E-state index contributed by atoms with van der Waals surface area (Å²) in [5, 5.41) is 5.58. The second-order valence-corrected chi connectivity index (χ2v) is 6.36. The molecule has 0 unspecified atom stereocenters. The van der Waals surface area contributed by atoms with E-state index in [1.54, 1.807) is 68.8 Å². The zero-order valence-corrected chi connectivity index (χ0v) is 16.7. The molecule has 2 N–H and O–H groups in total. The van der Waals surface area contributed by atoms with Crippen LogP contribution in [0.4, 0.5) is 11.4 Å². The molecule has 0 saturated carbocycles. The molecule has 152 valence electrons. The molecule has 0 saturated heterocycles. The van der Waals surface area contributed by atoms with Crippen LogP contribution in [0.25, 0.3) is 6.08 Å². The number of ether oxygens (including phenoxy) is 2. The van der Waals surface area contributed by atoms with Crippen LogP contribution in [0, 0.1) is 0 Å². The predicted octanol–water partition coefficient (Wildman–Crippen LogP) is 4.61. The van der Waals surface area contributed by atoms with Gasteiger partial charge < -0.3 is 20.1 Å². The maximum atomic E-state index is 12.4. The molecule has 6 nitrogen and oxygen atoms in total. The zero-order chi connectivity index (χ0) is 21.3. The third-order valence-electron chi connectivity index (χ3n) is 4.28. The number of carbonyl (C=O) groups excluding carboxylic acids is 2. The van der Waals surface area contributed by atoms with E-state index in [4.69, 9.17) is 9.47 Å². The maximum absolute atomic E-state index is 12.4. The van der Waals surface area contributed by atoms with E-state index < -0.39 is 0 Å². The second kappa shape index (κ2) is 9.93. The van der Waals surface area contributed by atoms with Gasteiger partial charge in [-0.15, -0.1) is 0 Å². The van der Waals surface area contributed by atoms with Gasteiger partial charge in [0.15, 0.2) is 0 Å². The van der Waals surface area contributed by atoms with Crippen molar-refractivity contribution in [2.75, 3.05) is 24.9 Å². The van der Waals surface area contributed by atoms with Crippen molar-refractivity contribution in [2.45, 2.75) is 0 Å². The lowest BCUT2D eigenvalue weighted by Crippen LogP contribution is -2.12. The highest BCUT2D eigenvalue weighted by Crippen LogP contribution is 2.17. The van der Waals surface area contributed by atoms with Gasteiger partial charge in [-0.25, -0.2) is 0 Å². The van der Waals surface area contributed by atoms with Gasteiger partial charge in [0.2, 0.25) is 5.91 Å². The average Bonchev–Trinajstić information content (AvgIpc) is 2.79. The maximum Gasteiger partial charge on any atom is 0.255 e. The van der Waals surface area contributed by atoms with Crippen molar-refractivity contribution in [2.24, 2.45) is 0 Å². The largest absolute Gasteiger partial charge is 0.497 e. The van der Waals surface area contributed by atoms with Crippen LogP contribution in [0.3, 0.4) is 0 Å². The Kier molecular flexibility index (Phi) is 6.84. The molecule has 0 heterocycles.